The zero-order chi connectivity index (χ0) is 49.5. The summed E-state index contributed by atoms with van der Waals surface area (Å²) in [6.07, 6.45) is 5.31. The van der Waals surface area contributed by atoms with Crippen LogP contribution in [0.25, 0.3) is 33.3 Å². The molecule has 4 aromatic rings. The van der Waals surface area contributed by atoms with E-state index in [1.165, 1.54) is 25.6 Å². The molecule has 73 heavy (non-hydrogen) atoms. The zero-order valence-corrected chi connectivity index (χ0v) is 47.6. The highest BCUT2D eigenvalue weighted by molar-refractivity contribution is 7.86. The van der Waals surface area contributed by atoms with E-state index in [2.05, 4.69) is 53.2 Å². The fraction of sp³-hybridized carbons (Fsp3) is 0.540. The van der Waals surface area contributed by atoms with Gasteiger partial charge >= 0.3 is 5.97 Å². The number of aromatic hydroxyl groups is 1. The number of hydrogen-bond donors (Lipinski definition) is 4. The molecule has 4 atom stereocenters. The summed E-state index contributed by atoms with van der Waals surface area (Å²) in [5.74, 6) is -3.08. The van der Waals surface area contributed by atoms with Gasteiger partial charge in [-0.15, -0.1) is 0 Å². The maximum atomic E-state index is 14.8. The number of carbonyl (C=O) groups is 4. The van der Waals surface area contributed by atoms with Crippen LogP contribution in [0.4, 0.5) is 0 Å². The van der Waals surface area contributed by atoms with Gasteiger partial charge < -0.3 is 35.1 Å². The van der Waals surface area contributed by atoms with Crippen molar-refractivity contribution < 1.29 is 42.2 Å². The smallest absolute Gasteiger partial charge is 0.324 e. The number of amides is 3. The molecule has 404 valence electrons. The maximum Gasteiger partial charge on any atom is 0.324 e. The lowest BCUT2D eigenvalue weighted by atomic mass is 9.84. The summed E-state index contributed by atoms with van der Waals surface area (Å²) in [6.45, 7) is 11.8. The van der Waals surface area contributed by atoms with Crippen LogP contribution in [0.5, 0.6) is 5.75 Å². The number of esters is 1. The molecule has 5 N–H and O–H groups in total. The zero-order valence-electron chi connectivity index (χ0n) is 42.7. The van der Waals surface area contributed by atoms with Crippen molar-refractivity contribution in [2.24, 2.45) is 23.0 Å². The number of cyclic esters (lactones) is 1. The second-order valence-electron chi connectivity index (χ2n) is 20.3. The number of likely N-dealkylation sites (N-methyl/N-ethyl adjacent to an activating group) is 1. The molecule has 18 nitrogen and oxygen atoms in total. The Morgan fingerprint density at radius 2 is 1.74 bits per heavy atom. The standard InChI is InChI=1S/C50H67N9O9S.4H2S/c1-8-58-43-12-11-32-22-38(43)39(45(58)40-24-52-15-13-34(40)28-67-7)23-50(4,5)29-68-49(64)41-10-9-16-59(54-41)48(63)42(20-31-18-35(32)21-37(60)19-31)53-46(61)44(30(2)3)55(6)47(62)33-14-17-56(25-33)69(65,66)57-26-36(51)27-57;;;;/h11-13,15,18-19,21-22,24,30,33,36,41-42,44,54,60H,8-10,14,16-17,20,23,25-29,51H2,1-7H3,(H,53,61);4*1H2/t33-,41-,42-,44-;;;;/m0..../s1. The van der Waals surface area contributed by atoms with Gasteiger partial charge in [0.25, 0.3) is 16.1 Å². The first-order chi connectivity index (χ1) is 32.8. The van der Waals surface area contributed by atoms with Crippen LogP contribution in [0.3, 0.4) is 0 Å². The van der Waals surface area contributed by atoms with Gasteiger partial charge in [0.2, 0.25) is 11.8 Å². The Labute approximate surface area is 457 Å². The number of nitrogens with zero attached hydrogens (tertiary/aromatic N) is 6. The molecule has 4 aliphatic heterocycles. The average Bonchev–Trinajstić information content (AvgIpc) is 3.92. The van der Waals surface area contributed by atoms with Crippen LogP contribution in [0.15, 0.2) is 54.9 Å². The minimum atomic E-state index is -3.78. The third kappa shape index (κ3) is 13.0. The van der Waals surface area contributed by atoms with E-state index in [0.717, 1.165) is 38.9 Å². The Morgan fingerprint density at radius 3 is 2.41 bits per heavy atom. The molecule has 0 unspecified atom stereocenters. The van der Waals surface area contributed by atoms with E-state index in [1.807, 2.05) is 24.4 Å². The summed E-state index contributed by atoms with van der Waals surface area (Å²) in [7, 11) is -0.580. The highest BCUT2D eigenvalue weighted by Crippen LogP contribution is 2.41. The number of benzene rings is 2. The second kappa shape index (κ2) is 25.2. The number of aromatic nitrogens is 2. The number of hydrogen-bond acceptors (Lipinski definition) is 12. The molecule has 4 aliphatic rings. The first-order valence-electron chi connectivity index (χ1n) is 24.0. The van der Waals surface area contributed by atoms with E-state index >= 15 is 0 Å². The molecular formula is C50H75N9O9S5. The third-order valence-corrected chi connectivity index (χ3v) is 15.9. The minimum Gasteiger partial charge on any atom is -0.508 e. The number of pyridine rings is 1. The number of phenolic OH excluding ortho intramolecular Hbond substituents is 1. The average molecular weight is 1110 g/mol. The number of aryl methyl sites for hydroxylation is 1. The molecular weight excluding hydrogens is 1030 g/mol. The van der Waals surface area contributed by atoms with Gasteiger partial charge in [-0.25, -0.2) is 5.43 Å². The van der Waals surface area contributed by atoms with Gasteiger partial charge in [0, 0.05) is 100 Å². The maximum absolute atomic E-state index is 14.8. The number of hydrazine groups is 1. The monoisotopic (exact) mass is 1110 g/mol. The van der Waals surface area contributed by atoms with Gasteiger partial charge in [0.05, 0.1) is 24.8 Å². The number of carbonyl (C=O) groups excluding carboxylic acids is 4. The van der Waals surface area contributed by atoms with Gasteiger partial charge in [-0.2, -0.15) is 71.0 Å². The Kier molecular flexibility index (Phi) is 21.2. The Bertz CT molecular complexity index is 2740. The summed E-state index contributed by atoms with van der Waals surface area (Å²) in [5, 5.41) is 16.7. The summed E-state index contributed by atoms with van der Waals surface area (Å²) < 4.78 is 43.1. The molecule has 8 rings (SSSR count). The van der Waals surface area contributed by atoms with Gasteiger partial charge in [0.15, 0.2) is 0 Å². The van der Waals surface area contributed by atoms with Crippen molar-refractivity contribution in [2.75, 3.05) is 53.5 Å². The summed E-state index contributed by atoms with van der Waals surface area (Å²) >= 11 is 0. The van der Waals surface area contributed by atoms with Crippen LogP contribution in [0.2, 0.25) is 0 Å². The molecule has 3 saturated heterocycles. The quantitative estimate of drug-likeness (QED) is 0.157. The van der Waals surface area contributed by atoms with Gasteiger partial charge in [-0.1, -0.05) is 39.8 Å². The normalized spacial score (nSPS) is 21.1. The second-order valence-corrected chi connectivity index (χ2v) is 22.2. The lowest BCUT2D eigenvalue weighted by Crippen LogP contribution is -2.62. The lowest BCUT2D eigenvalue weighted by Gasteiger charge is -2.38. The molecule has 3 amide bonds. The number of nitrogens with two attached hydrogens (primary N) is 1. The topological polar surface area (TPSA) is 222 Å². The number of rotatable bonds is 11. The Morgan fingerprint density at radius 1 is 1.01 bits per heavy atom. The predicted octanol–water partition coefficient (Wildman–Crippen LogP) is 4.03. The summed E-state index contributed by atoms with van der Waals surface area (Å²) in [6, 6.07) is 10.0. The fourth-order valence-corrected chi connectivity index (χ4v) is 12.3. The molecule has 0 aliphatic carbocycles. The molecule has 2 aromatic heterocycles. The van der Waals surface area contributed by atoms with Crippen molar-refractivity contribution in [3.8, 4) is 28.1 Å². The molecule has 6 heterocycles. The fourth-order valence-electron chi connectivity index (χ4n) is 10.5. The highest BCUT2D eigenvalue weighted by atomic mass is 32.2. The van der Waals surface area contributed by atoms with Gasteiger partial charge in [-0.3, -0.25) is 29.2 Å². The highest BCUT2D eigenvalue weighted by Gasteiger charge is 2.45. The Balaban J connectivity index is 0.00000289. The molecule has 2 aromatic carbocycles. The van der Waals surface area contributed by atoms with E-state index in [9.17, 15) is 32.7 Å². The Hall–Kier alpha value is -4.04. The third-order valence-electron chi connectivity index (χ3n) is 14.0. The van der Waals surface area contributed by atoms with E-state index in [-0.39, 0.29) is 124 Å². The van der Waals surface area contributed by atoms with Crippen LogP contribution < -0.4 is 16.5 Å². The number of fused-ring (bicyclic) bond motifs is 6. The van der Waals surface area contributed by atoms with E-state index in [0.29, 0.717) is 43.5 Å². The van der Waals surface area contributed by atoms with Crippen molar-refractivity contribution in [1.29, 1.82) is 0 Å². The number of nitrogens with one attached hydrogen (secondary N) is 2. The summed E-state index contributed by atoms with van der Waals surface area (Å²) in [4.78, 5) is 63.3. The predicted molar refractivity (Wildman–Crippen MR) is 302 cm³/mol. The number of ether oxygens (including phenoxy) is 2. The van der Waals surface area contributed by atoms with Crippen LogP contribution in [-0.4, -0.2) is 143 Å². The van der Waals surface area contributed by atoms with Gasteiger partial charge in [0.1, 0.15) is 23.9 Å². The van der Waals surface area contributed by atoms with Crippen molar-refractivity contribution in [2.45, 2.75) is 104 Å². The number of phenols is 1. The minimum absolute atomic E-state index is 0. The first kappa shape index (κ1) is 61.5. The van der Waals surface area contributed by atoms with Crippen LogP contribution >= 0.6 is 54.0 Å². The SMILES string of the molecule is CCn1c(-c2cnccc2COC)c2c3cc(ccc31)-c1cc(O)cc(c1)C[C@H](NC(=O)[C@H](C(C)C)N(C)C(=O)[C@H]1CCN(S(=O)(=O)N3CC(N)C3)C1)C(=O)N1CCC[C@H](N1)C(=O)OCC(C)(C)C2.S.S.S.S. The first-order valence-corrected chi connectivity index (χ1v) is 25.4. The van der Waals surface area contributed by atoms with Crippen molar-refractivity contribution >= 4 is 98.8 Å². The molecule has 0 saturated carbocycles. The van der Waals surface area contributed by atoms with Gasteiger partial charge in [-0.05, 0) is 96.7 Å². The molecule has 6 bridgehead atoms. The summed E-state index contributed by atoms with van der Waals surface area (Å²) in [5.41, 5.74) is 15.4. The molecule has 0 radical (unpaired) electrons. The van der Waals surface area contributed by atoms with E-state index in [1.54, 1.807) is 39.3 Å². The molecule has 23 heteroatoms. The van der Waals surface area contributed by atoms with Crippen LogP contribution in [-0.2, 0) is 64.9 Å². The molecule has 3 fully saturated rings. The lowest BCUT2D eigenvalue weighted by molar-refractivity contribution is -0.155. The number of methoxy groups -OCH3 is 1. The molecule has 0 spiro atoms. The largest absolute Gasteiger partial charge is 0.508 e. The van der Waals surface area contributed by atoms with Crippen molar-refractivity contribution in [3.63, 3.8) is 0 Å². The van der Waals surface area contributed by atoms with E-state index in [4.69, 9.17) is 15.2 Å². The van der Waals surface area contributed by atoms with Crippen LogP contribution in [0.1, 0.15) is 70.6 Å². The van der Waals surface area contributed by atoms with Crippen molar-refractivity contribution in [1.82, 2.24) is 38.8 Å². The van der Waals surface area contributed by atoms with Crippen molar-refractivity contribution in [3.05, 3.63) is 71.5 Å². The van der Waals surface area contributed by atoms with Crippen LogP contribution in [0, 0.1) is 17.3 Å². The van der Waals surface area contributed by atoms with E-state index < -0.39 is 63.4 Å².